The molecule has 0 saturated heterocycles. The normalized spacial score (nSPS) is 9.07. The van der Waals surface area contributed by atoms with Crippen LogP contribution in [0, 0.1) is 0 Å². The van der Waals surface area contributed by atoms with Crippen LogP contribution in [0.1, 0.15) is 20.8 Å². The van der Waals surface area contributed by atoms with Crippen LogP contribution in [0.5, 0.6) is 0 Å². The third kappa shape index (κ3) is 4.54. The Morgan fingerprint density at radius 1 is 1.07 bits per heavy atom. The van der Waals surface area contributed by atoms with Crippen molar-refractivity contribution in [3.8, 4) is 0 Å². The number of carbonyl (C=O) groups excluding carboxylic acids is 2. The molecular weight excluding hydrogens is 184 g/mol. The van der Waals surface area contributed by atoms with Gasteiger partial charge in [-0.3, -0.25) is 0 Å². The molecule has 14 heavy (non-hydrogen) atoms. The first kappa shape index (κ1) is 12.5. The van der Waals surface area contributed by atoms with Gasteiger partial charge in [-0.1, -0.05) is 0 Å². The van der Waals surface area contributed by atoms with Gasteiger partial charge in [0.05, 0.1) is 0 Å². The number of carbonyl (C=O) groups is 2. The molecule has 0 aliphatic rings. The largest absolute Gasteiger partial charge is 0.337 e. The van der Waals surface area contributed by atoms with Gasteiger partial charge in [0.25, 0.3) is 0 Å². The number of amides is 4. The Balaban J connectivity index is 3.77. The minimum atomic E-state index is -0.409. The minimum Gasteiger partial charge on any atom is -0.337 e. The van der Waals surface area contributed by atoms with E-state index >= 15 is 0 Å². The molecule has 82 valence electrons. The van der Waals surface area contributed by atoms with Crippen molar-refractivity contribution in [2.24, 2.45) is 0 Å². The SMILES string of the molecule is CCNC(=O)NNC(=O)N(CC)CC. The molecule has 0 aliphatic carbocycles. The highest BCUT2D eigenvalue weighted by Gasteiger charge is 2.08. The van der Waals surface area contributed by atoms with Crippen molar-refractivity contribution in [3.05, 3.63) is 0 Å². The standard InChI is InChI=1S/C8H18N4O2/c1-4-9-7(13)10-11-8(14)12(5-2)6-3/h4-6H2,1-3H3,(H,11,14)(H2,9,10,13). The zero-order valence-electron chi connectivity index (χ0n) is 8.89. The van der Waals surface area contributed by atoms with E-state index in [1.807, 2.05) is 13.8 Å². The summed E-state index contributed by atoms with van der Waals surface area (Å²) < 4.78 is 0. The average Bonchev–Trinajstić information content (AvgIpc) is 2.17. The van der Waals surface area contributed by atoms with Crippen molar-refractivity contribution in [1.82, 2.24) is 21.1 Å². The van der Waals surface area contributed by atoms with Crippen molar-refractivity contribution < 1.29 is 9.59 Å². The maximum absolute atomic E-state index is 11.3. The molecule has 0 atom stereocenters. The number of rotatable bonds is 3. The van der Waals surface area contributed by atoms with E-state index in [-0.39, 0.29) is 6.03 Å². The number of hydrogen-bond acceptors (Lipinski definition) is 2. The van der Waals surface area contributed by atoms with Crippen LogP contribution >= 0.6 is 0 Å². The van der Waals surface area contributed by atoms with E-state index in [1.165, 1.54) is 0 Å². The van der Waals surface area contributed by atoms with E-state index in [2.05, 4.69) is 16.2 Å². The third-order valence-corrected chi connectivity index (χ3v) is 1.67. The lowest BCUT2D eigenvalue weighted by molar-refractivity contribution is 0.195. The lowest BCUT2D eigenvalue weighted by atomic mass is 10.5. The molecule has 0 saturated carbocycles. The molecule has 0 heterocycles. The maximum Gasteiger partial charge on any atom is 0.336 e. The molecule has 0 aromatic carbocycles. The van der Waals surface area contributed by atoms with Gasteiger partial charge in [-0.25, -0.2) is 20.4 Å². The summed E-state index contributed by atoms with van der Waals surface area (Å²) >= 11 is 0. The smallest absolute Gasteiger partial charge is 0.336 e. The van der Waals surface area contributed by atoms with Crippen LogP contribution in [0.25, 0.3) is 0 Å². The topological polar surface area (TPSA) is 73.5 Å². The molecule has 6 heteroatoms. The van der Waals surface area contributed by atoms with Gasteiger partial charge in [0.1, 0.15) is 0 Å². The van der Waals surface area contributed by atoms with Gasteiger partial charge >= 0.3 is 12.1 Å². The molecular formula is C8H18N4O2. The summed E-state index contributed by atoms with van der Waals surface area (Å²) in [5.41, 5.74) is 4.54. The van der Waals surface area contributed by atoms with Crippen LogP contribution in [-0.2, 0) is 0 Å². The average molecular weight is 202 g/mol. The Labute approximate surface area is 84.0 Å². The molecule has 0 aromatic heterocycles. The number of urea groups is 2. The summed E-state index contributed by atoms with van der Waals surface area (Å²) in [5, 5.41) is 2.49. The van der Waals surface area contributed by atoms with Crippen LogP contribution in [0.2, 0.25) is 0 Å². The Bertz CT molecular complexity index is 192. The van der Waals surface area contributed by atoms with Crippen LogP contribution in [0.15, 0.2) is 0 Å². The fraction of sp³-hybridized carbons (Fsp3) is 0.750. The van der Waals surface area contributed by atoms with Crippen molar-refractivity contribution in [1.29, 1.82) is 0 Å². The van der Waals surface area contributed by atoms with Gasteiger partial charge in [0.2, 0.25) is 0 Å². The van der Waals surface area contributed by atoms with Gasteiger partial charge in [0.15, 0.2) is 0 Å². The summed E-state index contributed by atoms with van der Waals surface area (Å²) in [4.78, 5) is 23.7. The Kier molecular flexibility index (Phi) is 6.26. The van der Waals surface area contributed by atoms with Crippen molar-refractivity contribution >= 4 is 12.1 Å². The minimum absolute atomic E-state index is 0.304. The first-order chi connectivity index (χ1) is 6.65. The quantitative estimate of drug-likeness (QED) is 0.575. The highest BCUT2D eigenvalue weighted by atomic mass is 16.2. The van der Waals surface area contributed by atoms with Crippen molar-refractivity contribution in [2.75, 3.05) is 19.6 Å². The molecule has 0 bridgehead atoms. The molecule has 6 nitrogen and oxygen atoms in total. The number of nitrogens with one attached hydrogen (secondary N) is 3. The number of nitrogens with zero attached hydrogens (tertiary/aromatic N) is 1. The van der Waals surface area contributed by atoms with E-state index in [0.29, 0.717) is 19.6 Å². The zero-order valence-corrected chi connectivity index (χ0v) is 8.89. The van der Waals surface area contributed by atoms with E-state index < -0.39 is 6.03 Å². The van der Waals surface area contributed by atoms with Crippen LogP contribution in [0.4, 0.5) is 9.59 Å². The first-order valence-electron chi connectivity index (χ1n) is 4.74. The summed E-state index contributed by atoms with van der Waals surface area (Å²) in [7, 11) is 0. The maximum atomic E-state index is 11.3. The van der Waals surface area contributed by atoms with Crippen molar-refractivity contribution in [3.63, 3.8) is 0 Å². The van der Waals surface area contributed by atoms with Crippen molar-refractivity contribution in [2.45, 2.75) is 20.8 Å². The lowest BCUT2D eigenvalue weighted by Gasteiger charge is -2.19. The molecule has 0 spiro atoms. The summed E-state index contributed by atoms with van der Waals surface area (Å²) in [5.74, 6) is 0. The molecule has 0 aliphatic heterocycles. The molecule has 3 N–H and O–H groups in total. The second kappa shape index (κ2) is 6.99. The van der Waals surface area contributed by atoms with Gasteiger partial charge in [-0.2, -0.15) is 0 Å². The van der Waals surface area contributed by atoms with Gasteiger partial charge in [0, 0.05) is 19.6 Å². The van der Waals surface area contributed by atoms with Crippen LogP contribution < -0.4 is 16.2 Å². The Morgan fingerprint density at radius 2 is 1.64 bits per heavy atom. The number of hydrogen-bond donors (Lipinski definition) is 3. The highest BCUT2D eigenvalue weighted by Crippen LogP contribution is 1.85. The molecule has 0 unspecified atom stereocenters. The fourth-order valence-corrected chi connectivity index (χ4v) is 0.905. The van der Waals surface area contributed by atoms with Gasteiger partial charge < -0.3 is 10.2 Å². The van der Waals surface area contributed by atoms with Gasteiger partial charge in [-0.05, 0) is 20.8 Å². The lowest BCUT2D eigenvalue weighted by Crippen LogP contribution is -2.51. The summed E-state index contributed by atoms with van der Waals surface area (Å²) in [6.45, 7) is 7.28. The Morgan fingerprint density at radius 3 is 2.07 bits per heavy atom. The molecule has 0 radical (unpaired) electrons. The fourth-order valence-electron chi connectivity index (χ4n) is 0.905. The molecule has 4 amide bonds. The molecule has 0 aromatic rings. The Hall–Kier alpha value is -1.46. The number of hydrazine groups is 1. The highest BCUT2D eigenvalue weighted by molar-refractivity contribution is 5.79. The monoisotopic (exact) mass is 202 g/mol. The zero-order chi connectivity index (χ0) is 11.0. The van der Waals surface area contributed by atoms with Crippen LogP contribution in [-0.4, -0.2) is 36.6 Å². The molecule has 0 fully saturated rings. The van der Waals surface area contributed by atoms with E-state index in [0.717, 1.165) is 0 Å². The first-order valence-corrected chi connectivity index (χ1v) is 4.74. The second-order valence-electron chi connectivity index (χ2n) is 2.59. The van der Waals surface area contributed by atoms with Gasteiger partial charge in [-0.15, -0.1) is 0 Å². The third-order valence-electron chi connectivity index (χ3n) is 1.67. The summed E-state index contributed by atoms with van der Waals surface area (Å²) in [6, 6.07) is -0.714. The predicted octanol–water partition coefficient (Wildman–Crippen LogP) is 0.272. The van der Waals surface area contributed by atoms with E-state index in [1.54, 1.807) is 11.8 Å². The van der Waals surface area contributed by atoms with Crippen LogP contribution in [0.3, 0.4) is 0 Å². The summed E-state index contributed by atoms with van der Waals surface area (Å²) in [6.07, 6.45) is 0. The van der Waals surface area contributed by atoms with E-state index in [9.17, 15) is 9.59 Å². The predicted molar refractivity (Wildman–Crippen MR) is 53.7 cm³/mol. The van der Waals surface area contributed by atoms with E-state index in [4.69, 9.17) is 0 Å². The molecule has 0 rings (SSSR count). The second-order valence-corrected chi connectivity index (χ2v) is 2.59.